The first-order valence-corrected chi connectivity index (χ1v) is 8.75. The van der Waals surface area contributed by atoms with Gasteiger partial charge >= 0.3 is 0 Å². The molecule has 0 spiro atoms. The molecule has 0 unspecified atom stereocenters. The number of thiazole rings is 1. The Hall–Kier alpha value is -1.52. The molecule has 1 aliphatic carbocycles. The highest BCUT2D eigenvalue weighted by Gasteiger charge is 2.42. The molecule has 0 aliphatic heterocycles. The Balaban J connectivity index is 1.97. The summed E-state index contributed by atoms with van der Waals surface area (Å²) in [5.41, 5.74) is 1.34. The summed E-state index contributed by atoms with van der Waals surface area (Å²) in [6, 6.07) is 7.43. The van der Waals surface area contributed by atoms with Gasteiger partial charge < -0.3 is 0 Å². The molecular formula is C18H18ClNO2S. The van der Waals surface area contributed by atoms with Crippen molar-refractivity contribution in [1.29, 1.82) is 0 Å². The van der Waals surface area contributed by atoms with Crippen LogP contribution in [0, 0.1) is 12.3 Å². The number of benzene rings is 1. The van der Waals surface area contributed by atoms with Crippen molar-refractivity contribution in [3.05, 3.63) is 39.9 Å². The van der Waals surface area contributed by atoms with Gasteiger partial charge in [0.2, 0.25) is 0 Å². The van der Waals surface area contributed by atoms with Crippen LogP contribution in [-0.4, -0.2) is 16.6 Å². The first-order valence-electron chi connectivity index (χ1n) is 7.55. The van der Waals surface area contributed by atoms with Crippen LogP contribution in [0.15, 0.2) is 24.3 Å². The van der Waals surface area contributed by atoms with E-state index < -0.39 is 5.92 Å². The van der Waals surface area contributed by atoms with Crippen molar-refractivity contribution >= 4 is 34.5 Å². The fourth-order valence-electron chi connectivity index (χ4n) is 3.09. The summed E-state index contributed by atoms with van der Waals surface area (Å²) in [6.07, 6.45) is 0.854. The fourth-order valence-corrected chi connectivity index (χ4v) is 4.17. The van der Waals surface area contributed by atoms with Crippen LogP contribution in [0.25, 0.3) is 10.6 Å². The van der Waals surface area contributed by atoms with Crippen molar-refractivity contribution in [3.8, 4) is 10.6 Å². The molecular weight excluding hydrogens is 330 g/mol. The molecule has 0 radical (unpaired) electrons. The third-order valence-electron chi connectivity index (χ3n) is 4.15. The van der Waals surface area contributed by atoms with E-state index in [2.05, 4.69) is 4.98 Å². The lowest BCUT2D eigenvalue weighted by molar-refractivity contribution is -0.135. The molecule has 0 saturated heterocycles. The van der Waals surface area contributed by atoms with Crippen molar-refractivity contribution in [2.24, 2.45) is 5.41 Å². The number of Topliss-reactive ketones (excluding diaryl/α,β-unsaturated/α-hetero) is 2. The van der Waals surface area contributed by atoms with Crippen molar-refractivity contribution in [2.75, 3.05) is 0 Å². The molecule has 0 N–H and O–H groups in total. The zero-order valence-electron chi connectivity index (χ0n) is 13.4. The van der Waals surface area contributed by atoms with Gasteiger partial charge in [0.1, 0.15) is 22.5 Å². The molecule has 1 saturated carbocycles. The smallest absolute Gasteiger partial charge is 0.149 e. The number of aromatic nitrogens is 1. The van der Waals surface area contributed by atoms with Gasteiger partial charge in [0, 0.05) is 28.3 Å². The average molecular weight is 348 g/mol. The van der Waals surface area contributed by atoms with Crippen LogP contribution < -0.4 is 0 Å². The molecule has 1 aromatic carbocycles. The highest BCUT2D eigenvalue weighted by molar-refractivity contribution is 7.15. The van der Waals surface area contributed by atoms with Crippen LogP contribution in [-0.2, 0) is 9.59 Å². The number of aryl methyl sites for hydroxylation is 1. The SMILES string of the molecule is Cc1sc(-c2ccc(Cl)cc2)nc1C1C(=O)CC(C)(C)CC1=O. The first kappa shape index (κ1) is 16.3. The minimum Gasteiger partial charge on any atom is -0.298 e. The van der Waals surface area contributed by atoms with Gasteiger partial charge in [-0.1, -0.05) is 37.6 Å². The van der Waals surface area contributed by atoms with E-state index in [1.807, 2.05) is 45.0 Å². The van der Waals surface area contributed by atoms with E-state index in [1.165, 1.54) is 11.3 Å². The Morgan fingerprint density at radius 3 is 2.26 bits per heavy atom. The highest BCUT2D eigenvalue weighted by Crippen LogP contribution is 2.40. The first-order chi connectivity index (χ1) is 10.8. The van der Waals surface area contributed by atoms with Crippen molar-refractivity contribution in [2.45, 2.75) is 39.5 Å². The number of ketones is 2. The summed E-state index contributed by atoms with van der Waals surface area (Å²) < 4.78 is 0. The Bertz CT molecular complexity index is 757. The third-order valence-corrected chi connectivity index (χ3v) is 5.43. The lowest BCUT2D eigenvalue weighted by atomic mass is 9.70. The predicted octanol–water partition coefficient (Wildman–Crippen LogP) is 4.81. The van der Waals surface area contributed by atoms with E-state index in [0.29, 0.717) is 23.6 Å². The minimum absolute atomic E-state index is 0.0118. The maximum absolute atomic E-state index is 12.5. The predicted molar refractivity (Wildman–Crippen MR) is 93.1 cm³/mol. The molecule has 2 aromatic rings. The lowest BCUT2D eigenvalue weighted by Crippen LogP contribution is -2.36. The quantitative estimate of drug-likeness (QED) is 0.732. The molecule has 1 heterocycles. The molecule has 5 heteroatoms. The van der Waals surface area contributed by atoms with Crippen molar-refractivity contribution in [1.82, 2.24) is 4.98 Å². The van der Waals surface area contributed by atoms with Crippen LogP contribution >= 0.6 is 22.9 Å². The maximum Gasteiger partial charge on any atom is 0.149 e. The largest absolute Gasteiger partial charge is 0.298 e. The number of hydrogen-bond acceptors (Lipinski definition) is 4. The molecule has 3 rings (SSSR count). The van der Waals surface area contributed by atoms with Gasteiger partial charge in [-0.15, -0.1) is 11.3 Å². The fraction of sp³-hybridized carbons (Fsp3) is 0.389. The van der Waals surface area contributed by atoms with Gasteiger partial charge in [0.25, 0.3) is 0 Å². The summed E-state index contributed by atoms with van der Waals surface area (Å²) in [6.45, 7) is 5.85. The molecule has 0 amide bonds. The molecule has 120 valence electrons. The molecule has 1 aliphatic rings. The molecule has 0 atom stereocenters. The molecule has 1 aromatic heterocycles. The minimum atomic E-state index is -0.694. The van der Waals surface area contributed by atoms with Gasteiger partial charge in [-0.05, 0) is 24.5 Å². The number of halogens is 1. The van der Waals surface area contributed by atoms with Gasteiger partial charge in [0.05, 0.1) is 5.69 Å². The number of nitrogens with zero attached hydrogens (tertiary/aromatic N) is 1. The number of carbonyl (C=O) groups is 2. The van der Waals surface area contributed by atoms with Crippen molar-refractivity contribution < 1.29 is 9.59 Å². The van der Waals surface area contributed by atoms with Crippen LogP contribution in [0.3, 0.4) is 0 Å². The maximum atomic E-state index is 12.5. The second kappa shape index (κ2) is 5.84. The van der Waals surface area contributed by atoms with E-state index in [1.54, 1.807) is 0 Å². The van der Waals surface area contributed by atoms with E-state index in [4.69, 9.17) is 11.6 Å². The van der Waals surface area contributed by atoms with Crippen LogP contribution in [0.4, 0.5) is 0 Å². The summed E-state index contributed by atoms with van der Waals surface area (Å²) in [5.74, 6) is -0.718. The topological polar surface area (TPSA) is 47.0 Å². The van der Waals surface area contributed by atoms with E-state index in [9.17, 15) is 9.59 Å². The lowest BCUT2D eigenvalue weighted by Gasteiger charge is -2.31. The molecule has 23 heavy (non-hydrogen) atoms. The van der Waals surface area contributed by atoms with E-state index in [0.717, 1.165) is 15.4 Å². The average Bonchev–Trinajstić information content (AvgIpc) is 2.79. The summed E-state index contributed by atoms with van der Waals surface area (Å²) >= 11 is 7.43. The highest BCUT2D eigenvalue weighted by atomic mass is 35.5. The van der Waals surface area contributed by atoms with Crippen LogP contribution in [0.5, 0.6) is 0 Å². The summed E-state index contributed by atoms with van der Waals surface area (Å²) in [5, 5.41) is 1.49. The summed E-state index contributed by atoms with van der Waals surface area (Å²) in [4.78, 5) is 30.5. The van der Waals surface area contributed by atoms with Gasteiger partial charge in [-0.2, -0.15) is 0 Å². The van der Waals surface area contributed by atoms with E-state index in [-0.39, 0.29) is 17.0 Å². The second-order valence-corrected chi connectivity index (χ2v) is 8.49. The standard InChI is InChI=1S/C18H18ClNO2S/c1-10-16(15-13(21)8-18(2,3)9-14(15)22)20-17(23-10)11-4-6-12(19)7-5-11/h4-7,15H,8-9H2,1-3H3. The van der Waals surface area contributed by atoms with Gasteiger partial charge in [-0.25, -0.2) is 4.98 Å². The number of carbonyl (C=O) groups excluding carboxylic acids is 2. The normalized spacial score (nSPS) is 18.4. The van der Waals surface area contributed by atoms with Crippen LogP contribution in [0.2, 0.25) is 5.02 Å². The summed E-state index contributed by atoms with van der Waals surface area (Å²) in [7, 11) is 0. The zero-order chi connectivity index (χ0) is 16.8. The van der Waals surface area contributed by atoms with E-state index >= 15 is 0 Å². The molecule has 0 bridgehead atoms. The monoisotopic (exact) mass is 347 g/mol. The zero-order valence-corrected chi connectivity index (χ0v) is 14.9. The Morgan fingerprint density at radius 2 is 1.70 bits per heavy atom. The van der Waals surface area contributed by atoms with Gasteiger partial charge in [-0.3, -0.25) is 9.59 Å². The third kappa shape index (κ3) is 3.24. The Labute approximate surface area is 144 Å². The number of hydrogen-bond donors (Lipinski definition) is 0. The molecule has 3 nitrogen and oxygen atoms in total. The Kier molecular flexibility index (Phi) is 4.15. The van der Waals surface area contributed by atoms with Gasteiger partial charge in [0.15, 0.2) is 0 Å². The molecule has 1 fully saturated rings. The number of rotatable bonds is 2. The van der Waals surface area contributed by atoms with Crippen molar-refractivity contribution in [3.63, 3.8) is 0 Å². The van der Waals surface area contributed by atoms with Crippen LogP contribution in [0.1, 0.15) is 43.2 Å². The Morgan fingerprint density at radius 1 is 1.13 bits per heavy atom. The second-order valence-electron chi connectivity index (χ2n) is 6.85.